The molecular formula is C15H23N. The molecule has 88 valence electrons. The van der Waals surface area contributed by atoms with Gasteiger partial charge >= 0.3 is 0 Å². The van der Waals surface area contributed by atoms with E-state index in [1.807, 2.05) is 0 Å². The van der Waals surface area contributed by atoms with Crippen LogP contribution in [-0.2, 0) is 6.54 Å². The first-order valence-electron chi connectivity index (χ1n) is 6.67. The first kappa shape index (κ1) is 11.7. The second kappa shape index (κ2) is 6.05. The molecule has 1 N–H and O–H groups in total. The Bertz CT molecular complexity index is 290. The van der Waals surface area contributed by atoms with E-state index in [0.29, 0.717) is 0 Å². The predicted molar refractivity (Wildman–Crippen MR) is 69.3 cm³/mol. The van der Waals surface area contributed by atoms with Gasteiger partial charge in [0, 0.05) is 12.6 Å². The zero-order valence-electron chi connectivity index (χ0n) is 10.3. The van der Waals surface area contributed by atoms with Crippen molar-refractivity contribution >= 4 is 0 Å². The molecule has 2 rings (SSSR count). The SMILES string of the molecule is CCCC(NCc1ccccc1)C1CCC1. The Hall–Kier alpha value is -0.820. The van der Waals surface area contributed by atoms with Crippen molar-refractivity contribution in [1.29, 1.82) is 0 Å². The molecule has 0 saturated heterocycles. The van der Waals surface area contributed by atoms with E-state index in [1.54, 1.807) is 0 Å². The van der Waals surface area contributed by atoms with Crippen molar-refractivity contribution in [1.82, 2.24) is 5.32 Å². The molecule has 0 radical (unpaired) electrons. The highest BCUT2D eigenvalue weighted by Crippen LogP contribution is 2.31. The molecule has 0 aliphatic heterocycles. The van der Waals surface area contributed by atoms with Gasteiger partial charge in [-0.05, 0) is 30.7 Å². The molecule has 1 aliphatic rings. The standard InChI is InChI=1S/C15H23N/c1-2-7-15(14-10-6-11-14)16-12-13-8-4-3-5-9-13/h3-5,8-9,14-16H,2,6-7,10-12H2,1H3. The maximum Gasteiger partial charge on any atom is 0.0208 e. The van der Waals surface area contributed by atoms with Gasteiger partial charge in [-0.3, -0.25) is 0 Å². The second-order valence-corrected chi connectivity index (χ2v) is 4.95. The summed E-state index contributed by atoms with van der Waals surface area (Å²) in [5.41, 5.74) is 1.41. The third-order valence-electron chi connectivity index (χ3n) is 3.73. The van der Waals surface area contributed by atoms with Crippen LogP contribution in [0, 0.1) is 5.92 Å². The van der Waals surface area contributed by atoms with Gasteiger partial charge in [-0.2, -0.15) is 0 Å². The minimum absolute atomic E-state index is 0.749. The van der Waals surface area contributed by atoms with Gasteiger partial charge in [0.1, 0.15) is 0 Å². The molecule has 0 amide bonds. The molecule has 1 atom stereocenters. The zero-order valence-corrected chi connectivity index (χ0v) is 10.3. The van der Waals surface area contributed by atoms with Crippen molar-refractivity contribution in [3.63, 3.8) is 0 Å². The van der Waals surface area contributed by atoms with Crippen LogP contribution in [0.4, 0.5) is 0 Å². The largest absolute Gasteiger partial charge is 0.310 e. The third kappa shape index (κ3) is 3.08. The highest BCUT2D eigenvalue weighted by atomic mass is 14.9. The minimum atomic E-state index is 0.749. The Labute approximate surface area is 99.3 Å². The minimum Gasteiger partial charge on any atom is -0.310 e. The molecule has 1 nitrogen and oxygen atoms in total. The Kier molecular flexibility index (Phi) is 4.41. The summed E-state index contributed by atoms with van der Waals surface area (Å²) in [6.45, 7) is 3.32. The molecule has 1 aromatic rings. The number of hydrogen-bond acceptors (Lipinski definition) is 1. The van der Waals surface area contributed by atoms with Gasteiger partial charge < -0.3 is 5.32 Å². The fourth-order valence-corrected chi connectivity index (χ4v) is 2.50. The van der Waals surface area contributed by atoms with E-state index in [1.165, 1.54) is 37.7 Å². The van der Waals surface area contributed by atoms with Crippen molar-refractivity contribution in [2.75, 3.05) is 0 Å². The number of hydrogen-bond donors (Lipinski definition) is 1. The van der Waals surface area contributed by atoms with Crippen LogP contribution in [0.2, 0.25) is 0 Å². The van der Waals surface area contributed by atoms with Gasteiger partial charge in [-0.25, -0.2) is 0 Å². The Balaban J connectivity index is 1.81. The molecule has 16 heavy (non-hydrogen) atoms. The molecule has 1 aromatic carbocycles. The molecule has 1 aliphatic carbocycles. The quantitative estimate of drug-likeness (QED) is 0.765. The normalized spacial score (nSPS) is 18.1. The van der Waals surface area contributed by atoms with Gasteiger partial charge in [0.25, 0.3) is 0 Å². The van der Waals surface area contributed by atoms with Crippen LogP contribution < -0.4 is 5.32 Å². The lowest BCUT2D eigenvalue weighted by molar-refractivity contribution is 0.217. The van der Waals surface area contributed by atoms with Gasteiger partial charge in [0.2, 0.25) is 0 Å². The average molecular weight is 217 g/mol. The lowest BCUT2D eigenvalue weighted by Crippen LogP contribution is -2.39. The Morgan fingerprint density at radius 1 is 1.25 bits per heavy atom. The fourth-order valence-electron chi connectivity index (χ4n) is 2.50. The van der Waals surface area contributed by atoms with E-state index in [-0.39, 0.29) is 0 Å². The highest BCUT2D eigenvalue weighted by Gasteiger charge is 2.25. The predicted octanol–water partition coefficient (Wildman–Crippen LogP) is 3.75. The lowest BCUT2D eigenvalue weighted by Gasteiger charge is -2.34. The maximum absolute atomic E-state index is 3.74. The molecule has 1 unspecified atom stereocenters. The first-order valence-corrected chi connectivity index (χ1v) is 6.67. The van der Waals surface area contributed by atoms with Crippen LogP contribution in [0.25, 0.3) is 0 Å². The monoisotopic (exact) mass is 217 g/mol. The third-order valence-corrected chi connectivity index (χ3v) is 3.73. The summed E-state index contributed by atoms with van der Waals surface area (Å²) in [7, 11) is 0. The van der Waals surface area contributed by atoms with Crippen LogP contribution in [0.15, 0.2) is 30.3 Å². The lowest BCUT2D eigenvalue weighted by atomic mass is 9.78. The maximum atomic E-state index is 3.74. The van der Waals surface area contributed by atoms with Crippen LogP contribution in [-0.4, -0.2) is 6.04 Å². The van der Waals surface area contributed by atoms with Crippen molar-refractivity contribution in [2.24, 2.45) is 5.92 Å². The summed E-state index contributed by atoms with van der Waals surface area (Å²) in [6.07, 6.45) is 6.94. The molecule has 0 heterocycles. The van der Waals surface area contributed by atoms with Crippen LogP contribution in [0.3, 0.4) is 0 Å². The topological polar surface area (TPSA) is 12.0 Å². The number of nitrogens with one attached hydrogen (secondary N) is 1. The Morgan fingerprint density at radius 2 is 2.00 bits per heavy atom. The van der Waals surface area contributed by atoms with Crippen molar-refractivity contribution in [3.8, 4) is 0 Å². The van der Waals surface area contributed by atoms with E-state index in [2.05, 4.69) is 42.6 Å². The first-order chi connectivity index (χ1) is 7.90. The summed E-state index contributed by atoms with van der Waals surface area (Å²) >= 11 is 0. The molecule has 1 heteroatoms. The summed E-state index contributed by atoms with van der Waals surface area (Å²) in [4.78, 5) is 0. The van der Waals surface area contributed by atoms with E-state index in [9.17, 15) is 0 Å². The molecule has 0 aromatic heterocycles. The molecule has 0 spiro atoms. The number of rotatable bonds is 6. The zero-order chi connectivity index (χ0) is 11.2. The van der Waals surface area contributed by atoms with Gasteiger partial charge in [0.15, 0.2) is 0 Å². The molecule has 1 fully saturated rings. The summed E-state index contributed by atoms with van der Waals surface area (Å²) in [6, 6.07) is 11.5. The highest BCUT2D eigenvalue weighted by molar-refractivity contribution is 5.14. The smallest absolute Gasteiger partial charge is 0.0208 e. The Morgan fingerprint density at radius 3 is 2.56 bits per heavy atom. The fraction of sp³-hybridized carbons (Fsp3) is 0.600. The second-order valence-electron chi connectivity index (χ2n) is 4.95. The van der Waals surface area contributed by atoms with E-state index in [4.69, 9.17) is 0 Å². The van der Waals surface area contributed by atoms with Gasteiger partial charge in [0.05, 0.1) is 0 Å². The average Bonchev–Trinajstić information content (AvgIpc) is 2.25. The summed E-state index contributed by atoms with van der Waals surface area (Å²) < 4.78 is 0. The van der Waals surface area contributed by atoms with E-state index >= 15 is 0 Å². The number of benzene rings is 1. The van der Waals surface area contributed by atoms with Crippen LogP contribution >= 0.6 is 0 Å². The van der Waals surface area contributed by atoms with E-state index < -0.39 is 0 Å². The molecular weight excluding hydrogens is 194 g/mol. The molecule has 0 bridgehead atoms. The van der Waals surface area contributed by atoms with Crippen molar-refractivity contribution in [2.45, 2.75) is 51.6 Å². The van der Waals surface area contributed by atoms with Crippen molar-refractivity contribution in [3.05, 3.63) is 35.9 Å². The van der Waals surface area contributed by atoms with Crippen molar-refractivity contribution < 1.29 is 0 Å². The van der Waals surface area contributed by atoms with Crippen LogP contribution in [0.5, 0.6) is 0 Å². The van der Waals surface area contributed by atoms with Crippen LogP contribution in [0.1, 0.15) is 44.6 Å². The summed E-state index contributed by atoms with van der Waals surface area (Å²) in [5.74, 6) is 0.948. The van der Waals surface area contributed by atoms with Gasteiger partial charge in [-0.1, -0.05) is 50.1 Å². The van der Waals surface area contributed by atoms with Gasteiger partial charge in [-0.15, -0.1) is 0 Å². The molecule has 1 saturated carbocycles. The van der Waals surface area contributed by atoms with E-state index in [0.717, 1.165) is 18.5 Å². The summed E-state index contributed by atoms with van der Waals surface area (Å²) in [5, 5.41) is 3.74.